The Morgan fingerprint density at radius 3 is 2.45 bits per heavy atom. The van der Waals surface area contributed by atoms with Crippen molar-refractivity contribution in [2.24, 2.45) is 5.92 Å². The summed E-state index contributed by atoms with van der Waals surface area (Å²) in [6.07, 6.45) is 1.76. The Morgan fingerprint density at radius 1 is 1.03 bits per heavy atom. The van der Waals surface area contributed by atoms with Crippen molar-refractivity contribution < 1.29 is 13.2 Å². The first kappa shape index (κ1) is 23.1. The zero-order valence-electron chi connectivity index (χ0n) is 19.1. The van der Waals surface area contributed by atoms with Gasteiger partial charge in [0.2, 0.25) is 10.0 Å². The first-order valence-electron chi connectivity index (χ1n) is 11.1. The fourth-order valence-corrected chi connectivity index (χ4v) is 5.64. The normalized spacial score (nSPS) is 15.4. The molecule has 172 valence electrons. The van der Waals surface area contributed by atoms with Gasteiger partial charge < -0.3 is 5.32 Å². The molecule has 3 aromatic rings. The first-order chi connectivity index (χ1) is 15.7. The molecule has 0 saturated carbocycles. The molecule has 1 fully saturated rings. The third-order valence-electron chi connectivity index (χ3n) is 6.05. The monoisotopic (exact) mass is 464 g/mol. The van der Waals surface area contributed by atoms with Crippen LogP contribution in [-0.2, 0) is 10.0 Å². The highest BCUT2D eigenvalue weighted by atomic mass is 32.2. The van der Waals surface area contributed by atoms with E-state index in [0.29, 0.717) is 52.1 Å². The number of hydrogen-bond acceptors (Lipinski definition) is 6. The average molecular weight is 465 g/mol. The van der Waals surface area contributed by atoms with Crippen LogP contribution < -0.4 is 5.32 Å². The number of hydrogen-bond donors (Lipinski definition) is 1. The minimum atomic E-state index is -3.56. The molecule has 0 radical (unpaired) electrons. The van der Waals surface area contributed by atoms with Crippen molar-refractivity contribution in [2.75, 3.05) is 18.4 Å². The van der Waals surface area contributed by atoms with Crippen molar-refractivity contribution in [2.45, 2.75) is 38.5 Å². The van der Waals surface area contributed by atoms with Gasteiger partial charge in [0.1, 0.15) is 0 Å². The first-order valence-corrected chi connectivity index (χ1v) is 12.5. The third-order valence-corrected chi connectivity index (χ3v) is 8.09. The summed E-state index contributed by atoms with van der Waals surface area (Å²) in [5, 5.41) is 11.7. The molecule has 1 aliphatic rings. The fourth-order valence-electron chi connectivity index (χ4n) is 3.92. The summed E-state index contributed by atoms with van der Waals surface area (Å²) in [7, 11) is -3.56. The van der Waals surface area contributed by atoms with Crippen molar-refractivity contribution in [3.8, 4) is 11.3 Å². The molecule has 4 rings (SSSR count). The SMILES string of the molecule is CC(=O)c1cccc(Nc2ccc(-c3ccc(C)c(S(=O)(=O)N4CCC(C)CC4)c3)nn2)c1. The van der Waals surface area contributed by atoms with Gasteiger partial charge in [-0.25, -0.2) is 8.42 Å². The van der Waals surface area contributed by atoms with Gasteiger partial charge in [-0.2, -0.15) is 4.31 Å². The highest BCUT2D eigenvalue weighted by Crippen LogP contribution is 2.29. The molecule has 0 atom stereocenters. The van der Waals surface area contributed by atoms with Gasteiger partial charge in [-0.05, 0) is 68.5 Å². The van der Waals surface area contributed by atoms with E-state index in [1.807, 2.05) is 25.1 Å². The van der Waals surface area contributed by atoms with Gasteiger partial charge in [0, 0.05) is 29.9 Å². The number of sulfonamides is 1. The van der Waals surface area contributed by atoms with Crippen LogP contribution in [0.4, 0.5) is 11.5 Å². The zero-order chi connectivity index (χ0) is 23.6. The van der Waals surface area contributed by atoms with Crippen LogP contribution in [-0.4, -0.2) is 41.8 Å². The number of rotatable bonds is 6. The van der Waals surface area contributed by atoms with Crippen LogP contribution in [0.2, 0.25) is 0 Å². The number of nitrogens with zero attached hydrogens (tertiary/aromatic N) is 3. The molecule has 0 spiro atoms. The zero-order valence-corrected chi connectivity index (χ0v) is 19.9. The van der Waals surface area contributed by atoms with Crippen LogP contribution in [0.3, 0.4) is 0 Å². The van der Waals surface area contributed by atoms with Crippen LogP contribution in [0.1, 0.15) is 42.6 Å². The average Bonchev–Trinajstić information content (AvgIpc) is 2.80. The minimum absolute atomic E-state index is 0.00993. The molecule has 0 aliphatic carbocycles. The number of benzene rings is 2. The number of anilines is 2. The van der Waals surface area contributed by atoms with Crippen LogP contribution >= 0.6 is 0 Å². The highest BCUT2D eigenvalue weighted by Gasteiger charge is 2.29. The minimum Gasteiger partial charge on any atom is -0.339 e. The Bertz CT molecular complexity index is 1270. The second-order valence-electron chi connectivity index (χ2n) is 8.63. The van der Waals surface area contributed by atoms with Crippen LogP contribution in [0, 0.1) is 12.8 Å². The van der Waals surface area contributed by atoms with Crippen molar-refractivity contribution in [3.63, 3.8) is 0 Å². The summed E-state index contributed by atoms with van der Waals surface area (Å²) in [6.45, 7) is 6.61. The standard InChI is InChI=1S/C25H28N4O3S/c1-17-11-13-29(14-12-17)33(31,32)24-16-21(8-7-18(24)2)23-9-10-25(28-27-23)26-22-6-4-5-20(15-22)19(3)30/h4-10,15-17H,11-14H2,1-3H3,(H,26,28). The number of carbonyl (C=O) groups excluding carboxylic acids is 1. The second-order valence-corrected chi connectivity index (χ2v) is 10.5. The lowest BCUT2D eigenvalue weighted by molar-refractivity contribution is 0.101. The number of Topliss-reactive ketones (excluding diaryl/α,β-unsaturated/α-hetero) is 1. The molecular weight excluding hydrogens is 436 g/mol. The topological polar surface area (TPSA) is 92.3 Å². The van der Waals surface area contributed by atoms with Crippen LogP contribution in [0.5, 0.6) is 0 Å². The van der Waals surface area contributed by atoms with E-state index in [-0.39, 0.29) is 5.78 Å². The number of aromatic nitrogens is 2. The number of nitrogens with one attached hydrogen (secondary N) is 1. The lowest BCUT2D eigenvalue weighted by Crippen LogP contribution is -2.38. The maximum atomic E-state index is 13.3. The molecule has 0 amide bonds. The van der Waals surface area contributed by atoms with E-state index in [9.17, 15) is 13.2 Å². The van der Waals surface area contributed by atoms with Gasteiger partial charge in [0.25, 0.3) is 0 Å². The van der Waals surface area contributed by atoms with Crippen molar-refractivity contribution in [1.29, 1.82) is 0 Å². The van der Waals surface area contributed by atoms with E-state index >= 15 is 0 Å². The molecule has 0 bridgehead atoms. The largest absolute Gasteiger partial charge is 0.339 e. The highest BCUT2D eigenvalue weighted by molar-refractivity contribution is 7.89. The second kappa shape index (κ2) is 9.41. The summed E-state index contributed by atoms with van der Waals surface area (Å²) in [6, 6.07) is 16.1. The Morgan fingerprint density at radius 2 is 1.79 bits per heavy atom. The quantitative estimate of drug-likeness (QED) is 0.526. The summed E-state index contributed by atoms with van der Waals surface area (Å²) < 4.78 is 28.2. The molecule has 1 saturated heterocycles. The maximum Gasteiger partial charge on any atom is 0.243 e. The molecule has 1 aromatic heterocycles. The van der Waals surface area contributed by atoms with Gasteiger partial charge in [0.05, 0.1) is 10.6 Å². The molecule has 2 aromatic carbocycles. The van der Waals surface area contributed by atoms with Crippen LogP contribution in [0.15, 0.2) is 59.5 Å². The summed E-state index contributed by atoms with van der Waals surface area (Å²) in [5.74, 6) is 1.07. The molecule has 7 nitrogen and oxygen atoms in total. The number of carbonyl (C=O) groups is 1. The van der Waals surface area contributed by atoms with E-state index in [2.05, 4.69) is 22.4 Å². The van der Waals surface area contributed by atoms with E-state index in [4.69, 9.17) is 0 Å². The van der Waals surface area contributed by atoms with Gasteiger partial charge in [-0.1, -0.05) is 31.2 Å². The van der Waals surface area contributed by atoms with Gasteiger partial charge >= 0.3 is 0 Å². The third kappa shape index (κ3) is 5.12. The molecule has 1 aliphatic heterocycles. The molecular formula is C25H28N4O3S. The lowest BCUT2D eigenvalue weighted by Gasteiger charge is -2.30. The number of piperidine rings is 1. The fraction of sp³-hybridized carbons (Fsp3) is 0.320. The summed E-state index contributed by atoms with van der Waals surface area (Å²) >= 11 is 0. The summed E-state index contributed by atoms with van der Waals surface area (Å²) in [4.78, 5) is 11.9. The predicted molar refractivity (Wildman–Crippen MR) is 129 cm³/mol. The molecule has 2 heterocycles. The van der Waals surface area contributed by atoms with Gasteiger partial charge in [-0.15, -0.1) is 10.2 Å². The van der Waals surface area contributed by atoms with Crippen LogP contribution in [0.25, 0.3) is 11.3 Å². The molecule has 33 heavy (non-hydrogen) atoms. The van der Waals surface area contributed by atoms with E-state index in [1.54, 1.807) is 40.7 Å². The Labute approximate surface area is 194 Å². The smallest absolute Gasteiger partial charge is 0.243 e. The molecule has 8 heteroatoms. The van der Waals surface area contributed by atoms with Gasteiger partial charge in [-0.3, -0.25) is 4.79 Å². The Kier molecular flexibility index (Phi) is 6.58. The Hall–Kier alpha value is -3.10. The van der Waals surface area contributed by atoms with E-state index in [0.717, 1.165) is 18.5 Å². The Balaban J connectivity index is 1.56. The maximum absolute atomic E-state index is 13.3. The van der Waals surface area contributed by atoms with E-state index < -0.39 is 10.0 Å². The number of ketones is 1. The predicted octanol–water partition coefficient (Wildman–Crippen LogP) is 4.82. The van der Waals surface area contributed by atoms with Crippen molar-refractivity contribution in [3.05, 3.63) is 65.7 Å². The summed E-state index contributed by atoms with van der Waals surface area (Å²) in [5.41, 5.74) is 3.35. The molecule has 0 unspecified atom stereocenters. The van der Waals surface area contributed by atoms with Gasteiger partial charge in [0.15, 0.2) is 11.6 Å². The van der Waals surface area contributed by atoms with Crippen molar-refractivity contribution >= 4 is 27.3 Å². The van der Waals surface area contributed by atoms with E-state index in [1.165, 1.54) is 6.92 Å². The van der Waals surface area contributed by atoms with Crippen molar-refractivity contribution in [1.82, 2.24) is 14.5 Å². The lowest BCUT2D eigenvalue weighted by atomic mass is 10.0. The number of aryl methyl sites for hydroxylation is 1. The molecule has 1 N–H and O–H groups in total.